The molecule has 1 fully saturated rings. The highest BCUT2D eigenvalue weighted by molar-refractivity contribution is 6.36. The average Bonchev–Trinajstić information content (AvgIpc) is 2.98. The van der Waals surface area contributed by atoms with Crippen molar-refractivity contribution in [2.75, 3.05) is 19.6 Å². The molecule has 0 aliphatic carbocycles. The Hall–Kier alpha value is -2.59. The van der Waals surface area contributed by atoms with Crippen molar-refractivity contribution >= 4 is 29.0 Å². The number of imide groups is 1. The molecule has 0 N–H and O–H groups in total. The lowest BCUT2D eigenvalue weighted by atomic mass is 9.97. The van der Waals surface area contributed by atoms with E-state index in [1.54, 1.807) is 12.1 Å². The van der Waals surface area contributed by atoms with Gasteiger partial charge in [0.2, 0.25) is 0 Å². The van der Waals surface area contributed by atoms with E-state index < -0.39 is 0 Å². The highest BCUT2D eigenvalue weighted by Gasteiger charge is 2.41. The molecule has 4 nitrogen and oxygen atoms in total. The number of piperidine rings is 1. The zero-order valence-electron chi connectivity index (χ0n) is 16.6. The van der Waals surface area contributed by atoms with Crippen molar-refractivity contribution in [2.45, 2.75) is 26.2 Å². The van der Waals surface area contributed by atoms with Gasteiger partial charge in [-0.2, -0.15) is 0 Å². The molecule has 0 unspecified atom stereocenters. The van der Waals surface area contributed by atoms with Crippen molar-refractivity contribution in [2.24, 2.45) is 5.92 Å². The van der Waals surface area contributed by atoms with Gasteiger partial charge < -0.3 is 4.90 Å². The van der Waals surface area contributed by atoms with E-state index in [-0.39, 0.29) is 11.8 Å². The van der Waals surface area contributed by atoms with Crippen LogP contribution in [0.1, 0.15) is 30.9 Å². The predicted molar refractivity (Wildman–Crippen MR) is 115 cm³/mol. The summed E-state index contributed by atoms with van der Waals surface area (Å²) in [4.78, 5) is 30.2. The SMILES string of the molecule is CC1CCN(C2=C(c3ccc(Cl)cc3)C(=O)N(CCc3ccccc3)C2=O)CC1. The van der Waals surface area contributed by atoms with E-state index in [2.05, 4.69) is 11.8 Å². The molecule has 0 bridgehead atoms. The predicted octanol–water partition coefficient (Wildman–Crippen LogP) is 4.39. The maximum atomic E-state index is 13.3. The molecule has 2 amide bonds. The van der Waals surface area contributed by atoms with Crippen molar-refractivity contribution in [3.8, 4) is 0 Å². The molecule has 5 heteroatoms. The van der Waals surface area contributed by atoms with Crippen LogP contribution in [0, 0.1) is 5.92 Å². The van der Waals surface area contributed by atoms with E-state index in [0.717, 1.165) is 37.1 Å². The van der Waals surface area contributed by atoms with Gasteiger partial charge in [-0.15, -0.1) is 0 Å². The number of carbonyl (C=O) groups excluding carboxylic acids is 2. The Bertz CT molecular complexity index is 929. The Kier molecular flexibility index (Phi) is 5.72. The first-order chi connectivity index (χ1) is 14.0. The zero-order chi connectivity index (χ0) is 20.4. The van der Waals surface area contributed by atoms with E-state index in [0.29, 0.717) is 35.2 Å². The van der Waals surface area contributed by atoms with Gasteiger partial charge in [-0.25, -0.2) is 0 Å². The molecule has 0 spiro atoms. The number of nitrogens with zero attached hydrogens (tertiary/aromatic N) is 2. The van der Waals surface area contributed by atoms with Crippen LogP contribution in [0.15, 0.2) is 60.3 Å². The summed E-state index contributed by atoms with van der Waals surface area (Å²) >= 11 is 6.04. The van der Waals surface area contributed by atoms with Crippen LogP contribution in [0.25, 0.3) is 5.57 Å². The van der Waals surface area contributed by atoms with Crippen LogP contribution in [0.3, 0.4) is 0 Å². The van der Waals surface area contributed by atoms with E-state index in [9.17, 15) is 9.59 Å². The molecule has 150 valence electrons. The molecule has 0 saturated carbocycles. The minimum Gasteiger partial charge on any atom is -0.366 e. The van der Waals surface area contributed by atoms with Crippen LogP contribution in [0.2, 0.25) is 5.02 Å². The van der Waals surface area contributed by atoms with Gasteiger partial charge in [-0.1, -0.05) is 61.0 Å². The lowest BCUT2D eigenvalue weighted by molar-refractivity contribution is -0.137. The molecule has 2 aromatic carbocycles. The molecular weight excluding hydrogens is 384 g/mol. The summed E-state index contributed by atoms with van der Waals surface area (Å²) in [5, 5.41) is 0.611. The first-order valence-corrected chi connectivity index (χ1v) is 10.6. The van der Waals surface area contributed by atoms with E-state index >= 15 is 0 Å². The summed E-state index contributed by atoms with van der Waals surface area (Å²) < 4.78 is 0. The zero-order valence-corrected chi connectivity index (χ0v) is 17.4. The highest BCUT2D eigenvalue weighted by atomic mass is 35.5. The number of amides is 2. The Balaban J connectivity index is 1.65. The van der Waals surface area contributed by atoms with Crippen molar-refractivity contribution in [3.63, 3.8) is 0 Å². The van der Waals surface area contributed by atoms with Gasteiger partial charge in [0.05, 0.1) is 5.57 Å². The summed E-state index contributed by atoms with van der Waals surface area (Å²) in [6.45, 7) is 4.23. The highest BCUT2D eigenvalue weighted by Crippen LogP contribution is 2.34. The smallest absolute Gasteiger partial charge is 0.277 e. The van der Waals surface area contributed by atoms with Crippen LogP contribution in [-0.2, 0) is 16.0 Å². The number of hydrogen-bond donors (Lipinski definition) is 0. The van der Waals surface area contributed by atoms with Gasteiger partial charge in [-0.3, -0.25) is 14.5 Å². The lowest BCUT2D eigenvalue weighted by Gasteiger charge is -2.32. The van der Waals surface area contributed by atoms with Gasteiger partial charge in [0, 0.05) is 24.7 Å². The standard InChI is InChI=1S/C24H25ClN2O2/c1-17-11-14-26(15-12-17)22-21(19-7-9-20(25)10-8-19)23(28)27(24(22)29)16-13-18-5-3-2-4-6-18/h2-10,17H,11-16H2,1H3. The average molecular weight is 409 g/mol. The fourth-order valence-corrected chi connectivity index (χ4v) is 4.18. The molecule has 0 radical (unpaired) electrons. The number of benzene rings is 2. The third kappa shape index (κ3) is 4.08. The largest absolute Gasteiger partial charge is 0.366 e. The fraction of sp³-hybridized carbons (Fsp3) is 0.333. The van der Waals surface area contributed by atoms with E-state index in [1.165, 1.54) is 4.90 Å². The molecule has 2 aromatic rings. The minimum absolute atomic E-state index is 0.176. The summed E-state index contributed by atoms with van der Waals surface area (Å²) in [7, 11) is 0. The number of halogens is 1. The molecule has 29 heavy (non-hydrogen) atoms. The van der Waals surface area contributed by atoms with Crippen LogP contribution in [0.4, 0.5) is 0 Å². The summed E-state index contributed by atoms with van der Waals surface area (Å²) in [5.74, 6) is 0.263. The fourth-order valence-electron chi connectivity index (χ4n) is 4.05. The second kappa shape index (κ2) is 8.42. The third-order valence-electron chi connectivity index (χ3n) is 5.84. The monoisotopic (exact) mass is 408 g/mol. The van der Waals surface area contributed by atoms with Crippen molar-refractivity contribution in [1.29, 1.82) is 0 Å². The number of carbonyl (C=O) groups is 2. The third-order valence-corrected chi connectivity index (χ3v) is 6.10. The van der Waals surface area contributed by atoms with Crippen LogP contribution in [0.5, 0.6) is 0 Å². The lowest BCUT2D eigenvalue weighted by Crippen LogP contribution is -2.39. The Morgan fingerprint density at radius 1 is 0.931 bits per heavy atom. The molecule has 1 saturated heterocycles. The Morgan fingerprint density at radius 2 is 1.59 bits per heavy atom. The Morgan fingerprint density at radius 3 is 2.24 bits per heavy atom. The number of likely N-dealkylation sites (tertiary alicyclic amines) is 1. The summed E-state index contributed by atoms with van der Waals surface area (Å²) in [5.41, 5.74) is 2.93. The first-order valence-electron chi connectivity index (χ1n) is 10.2. The van der Waals surface area contributed by atoms with Gasteiger partial charge in [0.25, 0.3) is 11.8 Å². The molecule has 0 aromatic heterocycles. The van der Waals surface area contributed by atoms with Crippen LogP contribution in [-0.4, -0.2) is 41.2 Å². The minimum atomic E-state index is -0.207. The quantitative estimate of drug-likeness (QED) is 0.689. The summed E-state index contributed by atoms with van der Waals surface area (Å²) in [6, 6.07) is 17.1. The summed E-state index contributed by atoms with van der Waals surface area (Å²) in [6.07, 6.45) is 2.71. The van der Waals surface area contributed by atoms with E-state index in [1.807, 2.05) is 42.5 Å². The maximum absolute atomic E-state index is 13.3. The Labute approximate surface area is 176 Å². The van der Waals surface area contributed by atoms with Gasteiger partial charge in [-0.05, 0) is 48.4 Å². The molecule has 2 aliphatic heterocycles. The van der Waals surface area contributed by atoms with Crippen LogP contribution >= 0.6 is 11.6 Å². The van der Waals surface area contributed by atoms with Gasteiger partial charge in [0.15, 0.2) is 0 Å². The molecular formula is C24H25ClN2O2. The van der Waals surface area contributed by atoms with Crippen molar-refractivity contribution in [3.05, 3.63) is 76.4 Å². The topological polar surface area (TPSA) is 40.6 Å². The van der Waals surface area contributed by atoms with E-state index in [4.69, 9.17) is 11.6 Å². The van der Waals surface area contributed by atoms with Gasteiger partial charge in [0.1, 0.15) is 5.70 Å². The molecule has 2 heterocycles. The van der Waals surface area contributed by atoms with Crippen molar-refractivity contribution < 1.29 is 9.59 Å². The maximum Gasteiger partial charge on any atom is 0.277 e. The van der Waals surface area contributed by atoms with Crippen LogP contribution < -0.4 is 0 Å². The van der Waals surface area contributed by atoms with Gasteiger partial charge >= 0.3 is 0 Å². The molecule has 4 rings (SSSR count). The molecule has 2 aliphatic rings. The number of hydrogen-bond acceptors (Lipinski definition) is 3. The normalized spacial score (nSPS) is 18.1. The molecule has 0 atom stereocenters. The first kappa shape index (κ1) is 19.7. The van der Waals surface area contributed by atoms with Crippen molar-refractivity contribution in [1.82, 2.24) is 9.80 Å². The number of rotatable bonds is 5. The second-order valence-electron chi connectivity index (χ2n) is 7.90. The second-order valence-corrected chi connectivity index (χ2v) is 8.33.